The average Bonchev–Trinajstić information content (AvgIpc) is 3.13. The van der Waals surface area contributed by atoms with Gasteiger partial charge in [-0.1, -0.05) is 13.8 Å². The highest BCUT2D eigenvalue weighted by Gasteiger charge is 2.30. The van der Waals surface area contributed by atoms with Crippen molar-refractivity contribution in [1.29, 1.82) is 0 Å². The first-order valence-corrected chi connectivity index (χ1v) is 8.14. The third-order valence-electron chi connectivity index (χ3n) is 3.74. The Morgan fingerprint density at radius 1 is 1.08 bits per heavy atom. The molecule has 0 bridgehead atoms. The number of furan rings is 1. The van der Waals surface area contributed by atoms with E-state index in [1.54, 1.807) is 19.9 Å². The Morgan fingerprint density at radius 3 is 2.27 bits per heavy atom. The van der Waals surface area contributed by atoms with E-state index in [0.717, 1.165) is 12.1 Å². The van der Waals surface area contributed by atoms with E-state index < -0.39 is 35.6 Å². The maximum absolute atomic E-state index is 12.9. The fourth-order valence-corrected chi connectivity index (χ4v) is 2.27. The summed E-state index contributed by atoms with van der Waals surface area (Å²) >= 11 is 0. The summed E-state index contributed by atoms with van der Waals surface area (Å²) < 4.78 is 23.2. The summed E-state index contributed by atoms with van der Waals surface area (Å²) in [6, 6.07) is 7.03. The molecule has 26 heavy (non-hydrogen) atoms. The van der Waals surface area contributed by atoms with Gasteiger partial charge >= 0.3 is 5.97 Å². The Labute approximate surface area is 150 Å². The molecule has 2 rings (SSSR count). The second-order valence-corrected chi connectivity index (χ2v) is 6.12. The first kappa shape index (κ1) is 19.4. The van der Waals surface area contributed by atoms with Gasteiger partial charge in [0.05, 0.1) is 6.26 Å². The molecule has 138 valence electrons. The lowest BCUT2D eigenvalue weighted by molar-refractivity contribution is -0.149. The van der Waals surface area contributed by atoms with Crippen molar-refractivity contribution < 1.29 is 27.9 Å². The molecule has 2 atom stereocenters. The van der Waals surface area contributed by atoms with E-state index in [2.05, 4.69) is 5.32 Å². The van der Waals surface area contributed by atoms with Crippen molar-refractivity contribution in [3.8, 4) is 0 Å². The number of carbonyl (C=O) groups excluding carboxylic acids is 3. The van der Waals surface area contributed by atoms with Gasteiger partial charge in [-0.3, -0.25) is 9.59 Å². The molecule has 0 unspecified atom stereocenters. The quantitative estimate of drug-likeness (QED) is 0.605. The van der Waals surface area contributed by atoms with Crippen LogP contribution in [0.15, 0.2) is 47.1 Å². The molecular formula is C19H20FNO5. The Kier molecular flexibility index (Phi) is 6.27. The number of esters is 1. The van der Waals surface area contributed by atoms with Crippen LogP contribution in [0.5, 0.6) is 0 Å². The summed E-state index contributed by atoms with van der Waals surface area (Å²) in [5, 5.41) is 2.54. The molecule has 6 nitrogen and oxygen atoms in total. The minimum absolute atomic E-state index is 0.0684. The lowest BCUT2D eigenvalue weighted by atomic mass is 10.0. The fraction of sp³-hybridized carbons (Fsp3) is 0.316. The van der Waals surface area contributed by atoms with Crippen LogP contribution in [-0.4, -0.2) is 29.8 Å². The van der Waals surface area contributed by atoms with Gasteiger partial charge in [-0.25, -0.2) is 9.18 Å². The number of rotatable bonds is 7. The van der Waals surface area contributed by atoms with E-state index in [1.807, 2.05) is 0 Å². The minimum Gasteiger partial charge on any atom is -0.459 e. The third kappa shape index (κ3) is 4.78. The number of hydrogen-bond donors (Lipinski definition) is 1. The molecule has 0 fully saturated rings. The molecule has 0 aliphatic rings. The van der Waals surface area contributed by atoms with Gasteiger partial charge in [0.1, 0.15) is 11.9 Å². The molecule has 0 spiro atoms. The SMILES string of the molecule is CC(C)[C@H](NC(=O)c1ccco1)C(=O)O[C@H](C)C(=O)c1ccc(F)cc1. The van der Waals surface area contributed by atoms with E-state index in [1.165, 1.54) is 31.4 Å². The van der Waals surface area contributed by atoms with E-state index in [0.29, 0.717) is 0 Å². The monoisotopic (exact) mass is 361 g/mol. The van der Waals surface area contributed by atoms with Gasteiger partial charge in [-0.15, -0.1) is 0 Å². The van der Waals surface area contributed by atoms with Crippen molar-refractivity contribution >= 4 is 17.7 Å². The number of carbonyl (C=O) groups is 3. The van der Waals surface area contributed by atoms with Crippen LogP contribution in [0, 0.1) is 11.7 Å². The number of halogens is 1. The number of benzene rings is 1. The van der Waals surface area contributed by atoms with Gasteiger partial charge in [0.15, 0.2) is 11.9 Å². The summed E-state index contributed by atoms with van der Waals surface area (Å²) in [6.45, 7) is 4.90. The smallest absolute Gasteiger partial charge is 0.329 e. The van der Waals surface area contributed by atoms with Gasteiger partial charge in [0.2, 0.25) is 5.78 Å². The molecule has 0 aliphatic heterocycles. The van der Waals surface area contributed by atoms with Crippen LogP contribution in [-0.2, 0) is 9.53 Å². The summed E-state index contributed by atoms with van der Waals surface area (Å²) in [4.78, 5) is 36.8. The number of nitrogens with one attached hydrogen (secondary N) is 1. The van der Waals surface area contributed by atoms with E-state index in [9.17, 15) is 18.8 Å². The van der Waals surface area contributed by atoms with Crippen LogP contribution in [0.25, 0.3) is 0 Å². The molecule has 0 radical (unpaired) electrons. The van der Waals surface area contributed by atoms with Gasteiger partial charge in [-0.2, -0.15) is 0 Å². The van der Waals surface area contributed by atoms with Crippen LogP contribution in [0.1, 0.15) is 41.7 Å². The van der Waals surface area contributed by atoms with Gasteiger partial charge in [0, 0.05) is 5.56 Å². The Balaban J connectivity index is 2.03. The Hall–Kier alpha value is -2.96. The first-order chi connectivity index (χ1) is 12.3. The molecule has 1 heterocycles. The molecule has 7 heteroatoms. The Morgan fingerprint density at radius 2 is 1.73 bits per heavy atom. The van der Waals surface area contributed by atoms with E-state index in [4.69, 9.17) is 9.15 Å². The highest BCUT2D eigenvalue weighted by Crippen LogP contribution is 2.12. The van der Waals surface area contributed by atoms with Gasteiger partial charge < -0.3 is 14.5 Å². The van der Waals surface area contributed by atoms with Crippen molar-refractivity contribution in [2.75, 3.05) is 0 Å². The molecular weight excluding hydrogens is 341 g/mol. The van der Waals surface area contributed by atoms with Crippen molar-refractivity contribution in [1.82, 2.24) is 5.32 Å². The van der Waals surface area contributed by atoms with Crippen LogP contribution in [0.4, 0.5) is 4.39 Å². The van der Waals surface area contributed by atoms with Crippen molar-refractivity contribution in [2.45, 2.75) is 32.9 Å². The van der Waals surface area contributed by atoms with Crippen LogP contribution >= 0.6 is 0 Å². The highest BCUT2D eigenvalue weighted by molar-refractivity contribution is 6.00. The van der Waals surface area contributed by atoms with Crippen molar-refractivity contribution in [2.24, 2.45) is 5.92 Å². The number of Topliss-reactive ketones (excluding diaryl/α,β-unsaturated/α-hetero) is 1. The van der Waals surface area contributed by atoms with Crippen molar-refractivity contribution in [3.05, 3.63) is 59.8 Å². The molecule has 0 saturated carbocycles. The zero-order valence-electron chi connectivity index (χ0n) is 14.7. The molecule has 1 aromatic carbocycles. The molecule has 2 aromatic rings. The standard InChI is InChI=1S/C19H20FNO5/c1-11(2)16(21-18(23)15-5-4-10-25-15)19(24)26-12(3)17(22)13-6-8-14(20)9-7-13/h4-12,16H,1-3H3,(H,21,23)/t12-,16+/m1/s1. The number of ketones is 1. The fourth-order valence-electron chi connectivity index (χ4n) is 2.27. The van der Waals surface area contributed by atoms with Crippen LogP contribution in [0.2, 0.25) is 0 Å². The topological polar surface area (TPSA) is 85.6 Å². The highest BCUT2D eigenvalue weighted by atomic mass is 19.1. The summed E-state index contributed by atoms with van der Waals surface area (Å²) in [6.07, 6.45) is 0.274. The van der Waals surface area contributed by atoms with Gasteiger partial charge in [-0.05, 0) is 49.2 Å². The van der Waals surface area contributed by atoms with Crippen molar-refractivity contribution in [3.63, 3.8) is 0 Å². The minimum atomic E-state index is -1.07. The zero-order valence-corrected chi connectivity index (χ0v) is 14.7. The van der Waals surface area contributed by atoms with Crippen LogP contribution < -0.4 is 5.32 Å². The normalized spacial score (nSPS) is 13.1. The maximum atomic E-state index is 12.9. The maximum Gasteiger partial charge on any atom is 0.329 e. The third-order valence-corrected chi connectivity index (χ3v) is 3.74. The zero-order chi connectivity index (χ0) is 19.3. The Bertz CT molecular complexity index is 768. The lowest BCUT2D eigenvalue weighted by Crippen LogP contribution is -2.46. The van der Waals surface area contributed by atoms with E-state index >= 15 is 0 Å². The summed E-state index contributed by atoms with van der Waals surface area (Å²) in [7, 11) is 0. The molecule has 0 aliphatic carbocycles. The lowest BCUT2D eigenvalue weighted by Gasteiger charge is -2.22. The number of ether oxygens (including phenoxy) is 1. The summed E-state index contributed by atoms with van der Waals surface area (Å²) in [5.74, 6) is -2.41. The first-order valence-electron chi connectivity index (χ1n) is 8.14. The van der Waals surface area contributed by atoms with Crippen LogP contribution in [0.3, 0.4) is 0 Å². The van der Waals surface area contributed by atoms with Gasteiger partial charge in [0.25, 0.3) is 5.91 Å². The average molecular weight is 361 g/mol. The predicted octanol–water partition coefficient (Wildman–Crippen LogP) is 2.99. The number of hydrogen-bond acceptors (Lipinski definition) is 5. The van der Waals surface area contributed by atoms with E-state index in [-0.39, 0.29) is 17.2 Å². The number of amides is 1. The molecule has 1 N–H and O–H groups in total. The largest absolute Gasteiger partial charge is 0.459 e. The molecule has 1 aromatic heterocycles. The second kappa shape index (κ2) is 8.42. The predicted molar refractivity (Wildman–Crippen MR) is 91.1 cm³/mol. The summed E-state index contributed by atoms with van der Waals surface area (Å²) in [5.41, 5.74) is 0.229. The second-order valence-electron chi connectivity index (χ2n) is 6.12. The molecule has 0 saturated heterocycles. The molecule has 1 amide bonds.